The Morgan fingerprint density at radius 3 is 2.59 bits per heavy atom. The Bertz CT molecular complexity index is 934. The monoisotopic (exact) mass is 392 g/mol. The molecule has 0 unspecified atom stereocenters. The molecule has 1 heterocycles. The topological polar surface area (TPSA) is 49.3 Å². The van der Waals surface area contributed by atoms with Crippen molar-refractivity contribution in [3.8, 4) is 0 Å². The van der Waals surface area contributed by atoms with Gasteiger partial charge in [0, 0.05) is 19.0 Å². The lowest BCUT2D eigenvalue weighted by Gasteiger charge is -2.11. The van der Waals surface area contributed by atoms with Gasteiger partial charge in [0.2, 0.25) is 0 Å². The fraction of sp³-hybridized carbons (Fsp3) is 0.263. The quantitative estimate of drug-likeness (QED) is 0.505. The lowest BCUT2D eigenvalue weighted by Crippen LogP contribution is -2.37. The Hall–Kier alpha value is -2.61. The maximum absolute atomic E-state index is 12.6. The van der Waals surface area contributed by atoms with E-state index in [-0.39, 0.29) is 6.54 Å². The van der Waals surface area contributed by atoms with Gasteiger partial charge in [-0.25, -0.2) is 4.98 Å². The molecular weight excluding hydrogens is 373 g/mol. The van der Waals surface area contributed by atoms with Gasteiger partial charge in [0.05, 0.1) is 6.54 Å². The van der Waals surface area contributed by atoms with E-state index in [1.165, 1.54) is 16.3 Å². The predicted molar refractivity (Wildman–Crippen MR) is 103 cm³/mol. The van der Waals surface area contributed by atoms with Crippen LogP contribution in [-0.4, -0.2) is 24.5 Å². The van der Waals surface area contributed by atoms with E-state index in [1.54, 1.807) is 7.05 Å². The van der Waals surface area contributed by atoms with Crippen LogP contribution >= 0.6 is 11.3 Å². The third-order valence-electron chi connectivity index (χ3n) is 3.99. The molecule has 3 rings (SSSR count). The summed E-state index contributed by atoms with van der Waals surface area (Å²) in [6.45, 7) is 0.847. The third-order valence-corrected chi connectivity index (χ3v) is 4.84. The molecule has 0 aliphatic rings. The van der Waals surface area contributed by atoms with Gasteiger partial charge in [0.1, 0.15) is 5.01 Å². The van der Waals surface area contributed by atoms with Crippen LogP contribution in [0.15, 0.2) is 52.8 Å². The molecule has 2 aromatic carbocycles. The standard InChI is InChI=1S/C19H19F3N4S/c1-23-18(25-11-17-26-16(12-27-17)19(20,21)22)24-9-8-13-6-7-14-4-2-3-5-15(14)10-13/h2-7,10,12H,8-9,11H2,1H3,(H2,23,24,25). The minimum atomic E-state index is -4.41. The number of thiazole rings is 1. The van der Waals surface area contributed by atoms with Gasteiger partial charge in [0.15, 0.2) is 11.7 Å². The molecule has 0 bridgehead atoms. The molecule has 0 amide bonds. The molecule has 8 heteroatoms. The summed E-state index contributed by atoms with van der Waals surface area (Å²) in [5.41, 5.74) is 0.343. The van der Waals surface area contributed by atoms with E-state index in [0.717, 1.165) is 23.1 Å². The first kappa shape index (κ1) is 19.2. The summed E-state index contributed by atoms with van der Waals surface area (Å²) < 4.78 is 37.7. The SMILES string of the molecule is CN=C(NCCc1ccc2ccccc2c1)NCc1nc(C(F)(F)F)cs1. The van der Waals surface area contributed by atoms with Crippen LogP contribution in [0.1, 0.15) is 16.3 Å². The summed E-state index contributed by atoms with van der Waals surface area (Å²) in [5.74, 6) is 0.527. The highest BCUT2D eigenvalue weighted by atomic mass is 32.1. The molecule has 0 atom stereocenters. The van der Waals surface area contributed by atoms with E-state index in [2.05, 4.69) is 50.9 Å². The van der Waals surface area contributed by atoms with E-state index in [1.807, 2.05) is 12.1 Å². The zero-order valence-electron chi connectivity index (χ0n) is 14.7. The van der Waals surface area contributed by atoms with Crippen molar-refractivity contribution in [3.05, 3.63) is 64.1 Å². The molecule has 3 aromatic rings. The average Bonchev–Trinajstić information content (AvgIpc) is 3.14. The largest absolute Gasteiger partial charge is 0.434 e. The van der Waals surface area contributed by atoms with Crippen molar-refractivity contribution in [3.63, 3.8) is 0 Å². The van der Waals surface area contributed by atoms with Gasteiger partial charge in [-0.15, -0.1) is 11.3 Å². The Labute approximate surface area is 159 Å². The number of alkyl halides is 3. The number of halogens is 3. The second-order valence-electron chi connectivity index (χ2n) is 5.91. The number of nitrogens with zero attached hydrogens (tertiary/aromatic N) is 2. The fourth-order valence-electron chi connectivity index (χ4n) is 2.62. The Morgan fingerprint density at radius 1 is 1.11 bits per heavy atom. The highest BCUT2D eigenvalue weighted by Gasteiger charge is 2.33. The van der Waals surface area contributed by atoms with Gasteiger partial charge in [0.25, 0.3) is 0 Å². The molecule has 142 valence electrons. The summed E-state index contributed by atoms with van der Waals surface area (Å²) >= 11 is 0.974. The van der Waals surface area contributed by atoms with Crippen molar-refractivity contribution in [2.24, 2.45) is 4.99 Å². The first-order chi connectivity index (χ1) is 13.0. The van der Waals surface area contributed by atoms with Crippen LogP contribution in [0.25, 0.3) is 10.8 Å². The number of hydrogen-bond donors (Lipinski definition) is 2. The summed E-state index contributed by atoms with van der Waals surface area (Å²) in [6.07, 6.45) is -3.60. The van der Waals surface area contributed by atoms with Gasteiger partial charge in [-0.3, -0.25) is 4.99 Å². The Kier molecular flexibility index (Phi) is 5.95. The van der Waals surface area contributed by atoms with E-state index >= 15 is 0 Å². The number of hydrogen-bond acceptors (Lipinski definition) is 3. The maximum Gasteiger partial charge on any atom is 0.434 e. The number of rotatable bonds is 5. The summed E-state index contributed by atoms with van der Waals surface area (Å²) in [4.78, 5) is 7.68. The molecule has 0 aliphatic carbocycles. The number of fused-ring (bicyclic) bond motifs is 1. The second kappa shape index (κ2) is 8.39. The highest BCUT2D eigenvalue weighted by molar-refractivity contribution is 7.09. The predicted octanol–water partition coefficient (Wildman–Crippen LogP) is 4.22. The summed E-state index contributed by atoms with van der Waals surface area (Å²) in [5, 5.41) is 9.93. The smallest absolute Gasteiger partial charge is 0.356 e. The number of guanidine groups is 1. The van der Waals surface area contributed by atoms with E-state index in [9.17, 15) is 13.2 Å². The zero-order valence-corrected chi connectivity index (χ0v) is 15.5. The molecular formula is C19H19F3N4S. The molecule has 0 spiro atoms. The highest BCUT2D eigenvalue weighted by Crippen LogP contribution is 2.29. The van der Waals surface area contributed by atoms with Crippen LogP contribution in [0.3, 0.4) is 0 Å². The average molecular weight is 392 g/mol. The molecule has 2 N–H and O–H groups in total. The summed E-state index contributed by atoms with van der Waals surface area (Å²) in [6, 6.07) is 14.5. The first-order valence-electron chi connectivity index (χ1n) is 8.39. The van der Waals surface area contributed by atoms with Crippen molar-refractivity contribution in [2.45, 2.75) is 19.1 Å². The van der Waals surface area contributed by atoms with Gasteiger partial charge in [-0.05, 0) is 22.8 Å². The second-order valence-corrected chi connectivity index (χ2v) is 6.85. The van der Waals surface area contributed by atoms with Crippen molar-refractivity contribution >= 4 is 28.1 Å². The molecule has 0 aliphatic heterocycles. The van der Waals surface area contributed by atoms with Crippen molar-refractivity contribution in [2.75, 3.05) is 13.6 Å². The van der Waals surface area contributed by atoms with Crippen molar-refractivity contribution in [1.82, 2.24) is 15.6 Å². The summed E-state index contributed by atoms with van der Waals surface area (Å²) in [7, 11) is 1.62. The lowest BCUT2D eigenvalue weighted by atomic mass is 10.1. The molecule has 0 fully saturated rings. The molecule has 0 radical (unpaired) electrons. The number of nitrogens with one attached hydrogen (secondary N) is 2. The van der Waals surface area contributed by atoms with Crippen LogP contribution in [0.5, 0.6) is 0 Å². The van der Waals surface area contributed by atoms with Crippen molar-refractivity contribution < 1.29 is 13.2 Å². The fourth-order valence-corrected chi connectivity index (χ4v) is 3.36. The van der Waals surface area contributed by atoms with Gasteiger partial charge >= 0.3 is 6.18 Å². The van der Waals surface area contributed by atoms with E-state index in [0.29, 0.717) is 17.5 Å². The minimum Gasteiger partial charge on any atom is -0.356 e. The molecule has 1 aromatic heterocycles. The maximum atomic E-state index is 12.6. The van der Waals surface area contributed by atoms with Crippen LogP contribution < -0.4 is 10.6 Å². The van der Waals surface area contributed by atoms with Crippen LogP contribution in [-0.2, 0) is 19.1 Å². The third kappa shape index (κ3) is 5.19. The molecule has 4 nitrogen and oxygen atoms in total. The number of aliphatic imine (C=N–C) groups is 1. The Balaban J connectivity index is 1.49. The van der Waals surface area contributed by atoms with Gasteiger partial charge in [-0.2, -0.15) is 13.2 Å². The zero-order chi connectivity index (χ0) is 19.3. The minimum absolute atomic E-state index is 0.191. The van der Waals surface area contributed by atoms with Crippen molar-refractivity contribution in [1.29, 1.82) is 0 Å². The van der Waals surface area contributed by atoms with Crippen LogP contribution in [0.2, 0.25) is 0 Å². The first-order valence-corrected chi connectivity index (χ1v) is 9.27. The number of benzene rings is 2. The molecule has 0 saturated heterocycles. The van der Waals surface area contributed by atoms with E-state index < -0.39 is 11.9 Å². The van der Waals surface area contributed by atoms with Crippen LogP contribution in [0.4, 0.5) is 13.2 Å². The van der Waals surface area contributed by atoms with Crippen LogP contribution in [0, 0.1) is 0 Å². The number of aromatic nitrogens is 1. The molecule has 27 heavy (non-hydrogen) atoms. The lowest BCUT2D eigenvalue weighted by molar-refractivity contribution is -0.140. The van der Waals surface area contributed by atoms with Gasteiger partial charge in [-0.1, -0.05) is 42.5 Å². The van der Waals surface area contributed by atoms with E-state index in [4.69, 9.17) is 0 Å². The molecule has 0 saturated carbocycles. The normalized spacial score (nSPS) is 12.4. The Morgan fingerprint density at radius 2 is 1.89 bits per heavy atom. The van der Waals surface area contributed by atoms with Gasteiger partial charge < -0.3 is 10.6 Å².